The number of nitrogens with one attached hydrogen (secondary N) is 1. The Morgan fingerprint density at radius 1 is 1.39 bits per heavy atom. The Balaban J connectivity index is 1.51. The average molecular weight is 310 g/mol. The molecule has 3 aromatic rings. The number of rotatable bonds is 5. The third-order valence-corrected chi connectivity index (χ3v) is 3.57. The smallest absolute Gasteiger partial charge is 0.248 e. The molecule has 2 aromatic heterocycles. The quantitative estimate of drug-likeness (QED) is 0.770. The van der Waals surface area contributed by atoms with Crippen LogP contribution in [-0.2, 0) is 11.3 Å². The molecule has 0 atom stereocenters. The minimum atomic E-state index is 0.0714. The van der Waals surface area contributed by atoms with Crippen LogP contribution in [-0.4, -0.2) is 30.8 Å². The number of aromatic nitrogens is 5. The summed E-state index contributed by atoms with van der Waals surface area (Å²) in [6, 6.07) is 7.41. The Morgan fingerprint density at radius 2 is 2.30 bits per heavy atom. The van der Waals surface area contributed by atoms with Gasteiger partial charge < -0.3 is 9.84 Å². The van der Waals surface area contributed by atoms with Gasteiger partial charge >= 0.3 is 0 Å². The van der Waals surface area contributed by atoms with Gasteiger partial charge in [0.25, 0.3) is 0 Å². The summed E-state index contributed by atoms with van der Waals surface area (Å²) in [4.78, 5) is 20.0. The van der Waals surface area contributed by atoms with Crippen LogP contribution >= 0.6 is 0 Å². The molecule has 1 aromatic carbocycles. The van der Waals surface area contributed by atoms with Crippen LogP contribution in [0, 0.1) is 5.92 Å². The molecule has 1 aliphatic rings. The van der Waals surface area contributed by atoms with Crippen LogP contribution < -0.4 is 5.32 Å². The number of amides is 1. The second-order valence-corrected chi connectivity index (χ2v) is 5.45. The van der Waals surface area contributed by atoms with Gasteiger partial charge in [-0.05, 0) is 25.0 Å². The van der Waals surface area contributed by atoms with Crippen molar-refractivity contribution < 1.29 is 9.32 Å². The van der Waals surface area contributed by atoms with Crippen LogP contribution in [0.1, 0.15) is 18.7 Å². The monoisotopic (exact) mass is 310 g/mol. The van der Waals surface area contributed by atoms with E-state index in [0.29, 0.717) is 18.3 Å². The molecule has 116 valence electrons. The molecule has 0 saturated heterocycles. The highest BCUT2D eigenvalue weighted by molar-refractivity contribution is 5.94. The lowest BCUT2D eigenvalue weighted by Gasteiger charge is -2.04. The molecule has 0 aliphatic heterocycles. The van der Waals surface area contributed by atoms with Crippen molar-refractivity contribution in [3.05, 3.63) is 42.8 Å². The molecule has 1 saturated carbocycles. The van der Waals surface area contributed by atoms with Crippen molar-refractivity contribution in [1.29, 1.82) is 0 Å². The van der Waals surface area contributed by atoms with Crippen molar-refractivity contribution >= 4 is 11.6 Å². The van der Waals surface area contributed by atoms with Crippen molar-refractivity contribution in [2.45, 2.75) is 19.4 Å². The van der Waals surface area contributed by atoms with Crippen molar-refractivity contribution in [2.75, 3.05) is 5.32 Å². The first-order valence-corrected chi connectivity index (χ1v) is 7.34. The fourth-order valence-corrected chi connectivity index (χ4v) is 2.22. The van der Waals surface area contributed by atoms with Gasteiger partial charge in [-0.2, -0.15) is 10.1 Å². The Bertz CT molecular complexity index is 822. The molecule has 8 heteroatoms. The van der Waals surface area contributed by atoms with E-state index in [4.69, 9.17) is 4.52 Å². The third-order valence-electron chi connectivity index (χ3n) is 3.57. The Labute approximate surface area is 131 Å². The standard InChI is InChI=1S/C15H14N6O2/c22-15(10-4-5-10)18-12-3-1-2-11(6-12)14-19-13(23-20-14)7-21-9-16-8-17-21/h1-3,6,8-10H,4-5,7H2,(H,18,22). The summed E-state index contributed by atoms with van der Waals surface area (Å²) in [6.07, 6.45) is 4.98. The molecule has 0 radical (unpaired) electrons. The second kappa shape index (κ2) is 5.64. The van der Waals surface area contributed by atoms with Gasteiger partial charge in [-0.1, -0.05) is 17.3 Å². The first-order chi connectivity index (χ1) is 11.3. The molecule has 2 heterocycles. The summed E-state index contributed by atoms with van der Waals surface area (Å²) >= 11 is 0. The van der Waals surface area contributed by atoms with E-state index >= 15 is 0 Å². The molecule has 8 nitrogen and oxygen atoms in total. The largest absolute Gasteiger partial charge is 0.337 e. The summed E-state index contributed by atoms with van der Waals surface area (Å²) in [5, 5.41) is 10.9. The van der Waals surface area contributed by atoms with E-state index in [-0.39, 0.29) is 11.8 Å². The van der Waals surface area contributed by atoms with Crippen LogP contribution in [0.3, 0.4) is 0 Å². The molecule has 0 spiro atoms. The SMILES string of the molecule is O=C(Nc1cccc(-c2noc(Cn3cncn3)n2)c1)C1CC1. The number of hydrogen-bond donors (Lipinski definition) is 1. The number of anilines is 1. The van der Waals surface area contributed by atoms with E-state index in [9.17, 15) is 4.79 Å². The minimum absolute atomic E-state index is 0.0714. The molecule has 1 fully saturated rings. The molecule has 1 amide bonds. The normalized spacial score (nSPS) is 13.9. The maximum atomic E-state index is 11.8. The summed E-state index contributed by atoms with van der Waals surface area (Å²) < 4.78 is 6.83. The Kier molecular flexibility index (Phi) is 3.34. The number of benzene rings is 1. The number of carbonyl (C=O) groups is 1. The lowest BCUT2D eigenvalue weighted by atomic mass is 10.2. The maximum Gasteiger partial charge on any atom is 0.248 e. The predicted octanol–water partition coefficient (Wildman–Crippen LogP) is 1.72. The van der Waals surface area contributed by atoms with E-state index in [2.05, 4.69) is 25.5 Å². The Hall–Kier alpha value is -3.03. The molecule has 1 N–H and O–H groups in total. The molecule has 23 heavy (non-hydrogen) atoms. The summed E-state index contributed by atoms with van der Waals surface area (Å²) in [5.41, 5.74) is 1.52. The van der Waals surface area contributed by atoms with Crippen LogP contribution in [0.5, 0.6) is 0 Å². The third kappa shape index (κ3) is 3.10. The highest BCUT2D eigenvalue weighted by Crippen LogP contribution is 2.30. The van der Waals surface area contributed by atoms with Crippen molar-refractivity contribution in [3.8, 4) is 11.4 Å². The molecule has 0 bridgehead atoms. The lowest BCUT2D eigenvalue weighted by molar-refractivity contribution is -0.117. The fourth-order valence-electron chi connectivity index (χ4n) is 2.22. The molecule has 1 aliphatic carbocycles. The summed E-state index contributed by atoms with van der Waals surface area (Å²) in [7, 11) is 0. The predicted molar refractivity (Wildman–Crippen MR) is 80.2 cm³/mol. The first-order valence-electron chi connectivity index (χ1n) is 7.34. The van der Waals surface area contributed by atoms with E-state index in [1.165, 1.54) is 6.33 Å². The minimum Gasteiger partial charge on any atom is -0.337 e. The topological polar surface area (TPSA) is 98.7 Å². The van der Waals surface area contributed by atoms with Gasteiger partial charge in [-0.15, -0.1) is 0 Å². The summed E-state index contributed by atoms with van der Waals surface area (Å²) in [5.74, 6) is 1.15. The number of nitrogens with zero attached hydrogens (tertiary/aromatic N) is 5. The van der Waals surface area contributed by atoms with E-state index in [1.807, 2.05) is 24.3 Å². The van der Waals surface area contributed by atoms with Crippen molar-refractivity contribution in [3.63, 3.8) is 0 Å². The van der Waals surface area contributed by atoms with E-state index in [0.717, 1.165) is 24.1 Å². The molecular formula is C15H14N6O2. The highest BCUT2D eigenvalue weighted by atomic mass is 16.5. The molecule has 4 rings (SSSR count). The van der Waals surface area contributed by atoms with Crippen LogP contribution in [0.15, 0.2) is 41.4 Å². The fraction of sp³-hybridized carbons (Fsp3) is 0.267. The maximum absolute atomic E-state index is 11.8. The average Bonchev–Trinajstić information content (AvgIpc) is 3.10. The van der Waals surface area contributed by atoms with E-state index in [1.54, 1.807) is 11.0 Å². The molecular weight excluding hydrogens is 296 g/mol. The number of hydrogen-bond acceptors (Lipinski definition) is 6. The van der Waals surface area contributed by atoms with Gasteiger partial charge in [-0.25, -0.2) is 9.67 Å². The van der Waals surface area contributed by atoms with E-state index < -0.39 is 0 Å². The van der Waals surface area contributed by atoms with Gasteiger partial charge in [0.2, 0.25) is 17.6 Å². The van der Waals surface area contributed by atoms with Crippen LogP contribution in [0.4, 0.5) is 5.69 Å². The zero-order valence-electron chi connectivity index (χ0n) is 12.2. The lowest BCUT2D eigenvalue weighted by Crippen LogP contribution is -2.13. The number of carbonyl (C=O) groups excluding carboxylic acids is 1. The zero-order chi connectivity index (χ0) is 15.6. The highest BCUT2D eigenvalue weighted by Gasteiger charge is 2.29. The second-order valence-electron chi connectivity index (χ2n) is 5.45. The van der Waals surface area contributed by atoms with Crippen molar-refractivity contribution in [1.82, 2.24) is 24.9 Å². The summed E-state index contributed by atoms with van der Waals surface area (Å²) in [6.45, 7) is 0.366. The van der Waals surface area contributed by atoms with Gasteiger partial charge in [0.1, 0.15) is 19.2 Å². The van der Waals surface area contributed by atoms with Crippen LogP contribution in [0.25, 0.3) is 11.4 Å². The Morgan fingerprint density at radius 3 is 3.09 bits per heavy atom. The van der Waals surface area contributed by atoms with Gasteiger partial charge in [-0.3, -0.25) is 4.79 Å². The van der Waals surface area contributed by atoms with Crippen molar-refractivity contribution in [2.24, 2.45) is 5.92 Å². The van der Waals surface area contributed by atoms with Crippen LogP contribution in [0.2, 0.25) is 0 Å². The van der Waals surface area contributed by atoms with Gasteiger partial charge in [0.15, 0.2) is 0 Å². The first kappa shape index (κ1) is 13.6. The zero-order valence-corrected chi connectivity index (χ0v) is 12.2. The van der Waals surface area contributed by atoms with Gasteiger partial charge in [0, 0.05) is 17.2 Å². The van der Waals surface area contributed by atoms with Gasteiger partial charge in [0.05, 0.1) is 0 Å². The molecule has 0 unspecified atom stereocenters.